The number of rotatable bonds is 2. The van der Waals surface area contributed by atoms with Gasteiger partial charge in [0.25, 0.3) is 5.56 Å². The van der Waals surface area contributed by atoms with Gasteiger partial charge in [0.15, 0.2) is 5.76 Å². The lowest BCUT2D eigenvalue weighted by atomic mass is 10.3. The van der Waals surface area contributed by atoms with E-state index < -0.39 is 12.2 Å². The van der Waals surface area contributed by atoms with Gasteiger partial charge < -0.3 is 14.7 Å². The Bertz CT molecular complexity index is 261. The van der Waals surface area contributed by atoms with Crippen molar-refractivity contribution in [1.82, 2.24) is 5.16 Å². The summed E-state index contributed by atoms with van der Waals surface area (Å²) in [7, 11) is 0. The molecule has 0 saturated carbocycles. The number of H-pyrrole nitrogens is 1. The van der Waals surface area contributed by atoms with E-state index in [0.29, 0.717) is 0 Å². The summed E-state index contributed by atoms with van der Waals surface area (Å²) in [6, 6.07) is 0. The van der Waals surface area contributed by atoms with E-state index in [9.17, 15) is 4.79 Å². The largest absolute Gasteiger partial charge is 0.391 e. The minimum absolute atomic E-state index is 0.0856. The molecule has 0 saturated heterocycles. The van der Waals surface area contributed by atoms with E-state index in [-0.39, 0.29) is 17.9 Å². The van der Waals surface area contributed by atoms with Crippen LogP contribution in [-0.4, -0.2) is 15.4 Å². The number of aliphatic hydroxyl groups excluding tert-OH is 2. The second-order valence-electron chi connectivity index (χ2n) is 1.75. The summed E-state index contributed by atoms with van der Waals surface area (Å²) < 4.78 is 4.49. The van der Waals surface area contributed by atoms with Gasteiger partial charge in [0.05, 0.1) is 12.2 Å². The van der Waals surface area contributed by atoms with Gasteiger partial charge in [-0.3, -0.25) is 4.79 Å². The van der Waals surface area contributed by atoms with Crippen molar-refractivity contribution in [2.45, 2.75) is 13.2 Å². The molecule has 0 aliphatic carbocycles. The maximum absolute atomic E-state index is 10.6. The van der Waals surface area contributed by atoms with Crippen LogP contribution in [0.3, 0.4) is 0 Å². The van der Waals surface area contributed by atoms with E-state index in [0.717, 1.165) is 0 Å². The molecule has 56 valence electrons. The van der Waals surface area contributed by atoms with Crippen molar-refractivity contribution in [2.75, 3.05) is 0 Å². The molecule has 1 heterocycles. The standard InChI is InChI=1S/C5H7NO4/c7-1-3-4(2-8)10-6-5(3)9/h7-8H,1-2H2,(H,6,9). The monoisotopic (exact) mass is 145 g/mol. The minimum atomic E-state index is -0.494. The summed E-state index contributed by atoms with van der Waals surface area (Å²) >= 11 is 0. The van der Waals surface area contributed by atoms with Gasteiger partial charge >= 0.3 is 0 Å². The van der Waals surface area contributed by atoms with Crippen LogP contribution in [0.2, 0.25) is 0 Å². The van der Waals surface area contributed by atoms with E-state index in [4.69, 9.17) is 10.2 Å². The van der Waals surface area contributed by atoms with Crippen LogP contribution in [0.25, 0.3) is 0 Å². The number of aromatic nitrogens is 1. The first kappa shape index (κ1) is 7.04. The van der Waals surface area contributed by atoms with E-state index in [2.05, 4.69) is 4.52 Å². The Kier molecular flexibility index (Phi) is 1.88. The molecule has 10 heavy (non-hydrogen) atoms. The Morgan fingerprint density at radius 3 is 2.50 bits per heavy atom. The van der Waals surface area contributed by atoms with E-state index >= 15 is 0 Å². The van der Waals surface area contributed by atoms with Crippen LogP contribution in [0.15, 0.2) is 9.32 Å². The van der Waals surface area contributed by atoms with Gasteiger partial charge in [-0.2, -0.15) is 5.16 Å². The quantitative estimate of drug-likeness (QED) is 0.495. The molecule has 0 bridgehead atoms. The molecule has 1 rings (SSSR count). The first-order valence-electron chi connectivity index (χ1n) is 2.70. The summed E-state index contributed by atoms with van der Waals surface area (Å²) in [5, 5.41) is 19.0. The topological polar surface area (TPSA) is 86.5 Å². The zero-order valence-corrected chi connectivity index (χ0v) is 5.13. The lowest BCUT2D eigenvalue weighted by molar-refractivity contribution is 0.218. The molecule has 3 N–H and O–H groups in total. The molecular weight excluding hydrogens is 138 g/mol. The van der Waals surface area contributed by atoms with Crippen molar-refractivity contribution in [3.05, 3.63) is 21.7 Å². The Morgan fingerprint density at radius 1 is 1.40 bits per heavy atom. The predicted molar refractivity (Wildman–Crippen MR) is 31.2 cm³/mol. The molecule has 1 aromatic heterocycles. The highest BCUT2D eigenvalue weighted by Crippen LogP contribution is 2.00. The van der Waals surface area contributed by atoms with Crippen LogP contribution in [0.1, 0.15) is 11.3 Å². The van der Waals surface area contributed by atoms with E-state index in [1.54, 1.807) is 0 Å². The molecule has 0 fully saturated rings. The predicted octanol–water partition coefficient (Wildman–Crippen LogP) is -1.05. The Labute approximate surface area is 55.9 Å². The highest BCUT2D eigenvalue weighted by atomic mass is 16.5. The number of nitrogens with one attached hydrogen (secondary N) is 1. The summed E-state index contributed by atoms with van der Waals surface area (Å²) in [4.78, 5) is 10.6. The van der Waals surface area contributed by atoms with Crippen molar-refractivity contribution in [3.63, 3.8) is 0 Å². The zero-order valence-electron chi connectivity index (χ0n) is 5.13. The van der Waals surface area contributed by atoms with Gasteiger partial charge in [0.1, 0.15) is 6.61 Å². The molecule has 0 aromatic carbocycles. The number of aliphatic hydroxyl groups is 2. The molecular formula is C5H7NO4. The van der Waals surface area contributed by atoms with Crippen LogP contribution in [-0.2, 0) is 13.2 Å². The fourth-order valence-electron chi connectivity index (χ4n) is 0.645. The second kappa shape index (κ2) is 2.68. The third kappa shape index (κ3) is 0.960. The second-order valence-corrected chi connectivity index (χ2v) is 1.75. The summed E-state index contributed by atoms with van der Waals surface area (Å²) in [5.74, 6) is 0.0903. The van der Waals surface area contributed by atoms with Crippen molar-refractivity contribution < 1.29 is 14.7 Å². The molecule has 0 amide bonds. The SMILES string of the molecule is O=c1[nH]oc(CO)c1CO. The smallest absolute Gasteiger partial charge is 0.285 e. The lowest BCUT2D eigenvalue weighted by Crippen LogP contribution is -2.06. The molecule has 0 aliphatic rings. The Balaban J connectivity index is 3.13. The zero-order chi connectivity index (χ0) is 7.56. The fourth-order valence-corrected chi connectivity index (χ4v) is 0.645. The van der Waals surface area contributed by atoms with Gasteiger partial charge in [-0.15, -0.1) is 0 Å². The van der Waals surface area contributed by atoms with Gasteiger partial charge in [-0.1, -0.05) is 0 Å². The fraction of sp³-hybridized carbons (Fsp3) is 0.400. The van der Waals surface area contributed by atoms with Gasteiger partial charge in [-0.25, -0.2) is 0 Å². The molecule has 0 aliphatic heterocycles. The third-order valence-electron chi connectivity index (χ3n) is 1.18. The lowest BCUT2D eigenvalue weighted by Gasteiger charge is -1.87. The molecule has 0 unspecified atom stereocenters. The highest BCUT2D eigenvalue weighted by molar-refractivity contribution is 5.10. The van der Waals surface area contributed by atoms with Crippen LogP contribution >= 0.6 is 0 Å². The number of aromatic amines is 1. The summed E-state index contributed by atoms with van der Waals surface area (Å²) in [5.41, 5.74) is -0.408. The maximum Gasteiger partial charge on any atom is 0.285 e. The maximum atomic E-state index is 10.6. The van der Waals surface area contributed by atoms with Crippen LogP contribution in [0.5, 0.6) is 0 Å². The average Bonchev–Trinajstić information content (AvgIpc) is 2.30. The minimum Gasteiger partial charge on any atom is -0.391 e. The van der Waals surface area contributed by atoms with E-state index in [1.165, 1.54) is 0 Å². The summed E-state index contributed by atoms with van der Waals surface area (Å²) in [6.07, 6.45) is 0. The molecule has 0 spiro atoms. The van der Waals surface area contributed by atoms with Crippen LogP contribution in [0.4, 0.5) is 0 Å². The van der Waals surface area contributed by atoms with Crippen LogP contribution in [0, 0.1) is 0 Å². The molecule has 0 atom stereocenters. The van der Waals surface area contributed by atoms with Gasteiger partial charge in [-0.05, 0) is 0 Å². The molecule has 5 nitrogen and oxygen atoms in total. The van der Waals surface area contributed by atoms with Crippen LogP contribution < -0.4 is 5.56 Å². The normalized spacial score (nSPS) is 10.2. The average molecular weight is 145 g/mol. The van der Waals surface area contributed by atoms with Crippen molar-refractivity contribution in [1.29, 1.82) is 0 Å². The number of hydrogen-bond acceptors (Lipinski definition) is 4. The first-order valence-corrected chi connectivity index (χ1v) is 2.70. The third-order valence-corrected chi connectivity index (χ3v) is 1.18. The first-order chi connectivity index (χ1) is 4.79. The molecule has 0 radical (unpaired) electrons. The van der Waals surface area contributed by atoms with Gasteiger partial charge in [0, 0.05) is 0 Å². The Hall–Kier alpha value is -1.07. The van der Waals surface area contributed by atoms with Crippen molar-refractivity contribution >= 4 is 0 Å². The molecule has 5 heteroatoms. The summed E-state index contributed by atoms with van der Waals surface area (Å²) in [6.45, 7) is -0.795. The number of hydrogen-bond donors (Lipinski definition) is 3. The highest BCUT2D eigenvalue weighted by Gasteiger charge is 2.08. The van der Waals surface area contributed by atoms with E-state index in [1.807, 2.05) is 5.16 Å². The van der Waals surface area contributed by atoms with Crippen molar-refractivity contribution in [3.8, 4) is 0 Å². The van der Waals surface area contributed by atoms with Crippen molar-refractivity contribution in [2.24, 2.45) is 0 Å². The molecule has 1 aromatic rings. The van der Waals surface area contributed by atoms with Gasteiger partial charge in [0.2, 0.25) is 0 Å². The Morgan fingerprint density at radius 2 is 2.10 bits per heavy atom.